The summed E-state index contributed by atoms with van der Waals surface area (Å²) in [5.74, 6) is 1.57. The maximum absolute atomic E-state index is 5.35. The minimum absolute atomic E-state index is 0.0711. The van der Waals surface area contributed by atoms with Gasteiger partial charge in [-0.3, -0.25) is 0 Å². The molecular weight excluding hydrogens is 246 g/mol. The van der Waals surface area contributed by atoms with Crippen LogP contribution in [0.5, 0.6) is 11.5 Å². The molecule has 0 aliphatic rings. The molecule has 0 spiro atoms. The summed E-state index contributed by atoms with van der Waals surface area (Å²) in [6, 6.07) is 5.83. The molecular formula is C14H23NO4. The van der Waals surface area contributed by atoms with Gasteiger partial charge in [-0.05, 0) is 13.0 Å². The fourth-order valence-corrected chi connectivity index (χ4v) is 1.87. The van der Waals surface area contributed by atoms with Gasteiger partial charge in [0, 0.05) is 32.4 Å². The van der Waals surface area contributed by atoms with Crippen molar-refractivity contribution in [3.8, 4) is 11.5 Å². The molecule has 1 aromatic rings. The van der Waals surface area contributed by atoms with E-state index in [9.17, 15) is 0 Å². The second-order valence-electron chi connectivity index (χ2n) is 4.19. The maximum Gasteiger partial charge on any atom is 0.171 e. The summed E-state index contributed by atoms with van der Waals surface area (Å²) in [7, 11) is 6.53. The predicted octanol–water partition coefficient (Wildman–Crippen LogP) is 1.80. The van der Waals surface area contributed by atoms with Crippen molar-refractivity contribution in [2.75, 3.05) is 28.4 Å². The Morgan fingerprint density at radius 2 is 1.74 bits per heavy atom. The highest BCUT2D eigenvalue weighted by atomic mass is 16.7. The van der Waals surface area contributed by atoms with Crippen LogP contribution in [0.4, 0.5) is 0 Å². The highest BCUT2D eigenvalue weighted by Crippen LogP contribution is 2.24. The first kappa shape index (κ1) is 15.8. The van der Waals surface area contributed by atoms with Crippen molar-refractivity contribution in [2.45, 2.75) is 25.8 Å². The normalized spacial score (nSPS) is 12.5. The van der Waals surface area contributed by atoms with E-state index in [1.165, 1.54) is 0 Å². The van der Waals surface area contributed by atoms with Gasteiger partial charge in [0.05, 0.1) is 20.3 Å². The number of ether oxygens (including phenoxy) is 4. The molecule has 0 radical (unpaired) electrons. The molecule has 0 bridgehead atoms. The van der Waals surface area contributed by atoms with Crippen LogP contribution in [0.1, 0.15) is 12.5 Å². The molecule has 0 saturated heterocycles. The second-order valence-corrected chi connectivity index (χ2v) is 4.19. The number of nitrogens with one attached hydrogen (secondary N) is 1. The van der Waals surface area contributed by atoms with E-state index >= 15 is 0 Å². The lowest BCUT2D eigenvalue weighted by molar-refractivity contribution is -0.119. The molecule has 1 rings (SSSR count). The van der Waals surface area contributed by atoms with Crippen LogP contribution in [0.25, 0.3) is 0 Å². The smallest absolute Gasteiger partial charge is 0.171 e. The van der Waals surface area contributed by atoms with Gasteiger partial charge >= 0.3 is 0 Å². The molecule has 0 aromatic heterocycles. The van der Waals surface area contributed by atoms with Crippen LogP contribution >= 0.6 is 0 Å². The van der Waals surface area contributed by atoms with Crippen molar-refractivity contribution < 1.29 is 18.9 Å². The highest BCUT2D eigenvalue weighted by Gasteiger charge is 2.15. The first-order valence-electron chi connectivity index (χ1n) is 6.16. The molecule has 1 aromatic carbocycles. The van der Waals surface area contributed by atoms with E-state index in [1.807, 2.05) is 25.1 Å². The average Bonchev–Trinajstić information content (AvgIpc) is 2.46. The van der Waals surface area contributed by atoms with Crippen LogP contribution in [0, 0.1) is 0 Å². The lowest BCUT2D eigenvalue weighted by Gasteiger charge is -2.22. The van der Waals surface area contributed by atoms with Crippen molar-refractivity contribution in [1.29, 1.82) is 0 Å². The Balaban J connectivity index is 2.66. The second kappa shape index (κ2) is 7.99. The van der Waals surface area contributed by atoms with E-state index in [0.717, 1.165) is 17.1 Å². The van der Waals surface area contributed by atoms with Crippen LogP contribution in [0.3, 0.4) is 0 Å². The zero-order valence-corrected chi connectivity index (χ0v) is 12.2. The minimum atomic E-state index is -0.274. The Hall–Kier alpha value is -1.30. The Labute approximate surface area is 114 Å². The summed E-state index contributed by atoms with van der Waals surface area (Å²) in [6.07, 6.45) is -0.274. The van der Waals surface area contributed by atoms with Crippen molar-refractivity contribution in [3.63, 3.8) is 0 Å². The average molecular weight is 269 g/mol. The van der Waals surface area contributed by atoms with Crippen LogP contribution in [0.15, 0.2) is 18.2 Å². The van der Waals surface area contributed by atoms with Gasteiger partial charge in [0.15, 0.2) is 6.29 Å². The van der Waals surface area contributed by atoms with Crippen LogP contribution in [-0.2, 0) is 16.0 Å². The molecule has 0 aliphatic heterocycles. The summed E-state index contributed by atoms with van der Waals surface area (Å²) < 4.78 is 20.9. The molecule has 1 atom stereocenters. The summed E-state index contributed by atoms with van der Waals surface area (Å²) in [5.41, 5.74) is 1.06. The van der Waals surface area contributed by atoms with E-state index in [2.05, 4.69) is 5.32 Å². The molecule has 0 saturated carbocycles. The Bertz CT molecular complexity index is 380. The molecule has 5 heteroatoms. The topological polar surface area (TPSA) is 49.0 Å². The van der Waals surface area contributed by atoms with E-state index in [1.54, 1.807) is 28.4 Å². The molecule has 108 valence electrons. The predicted molar refractivity (Wildman–Crippen MR) is 73.7 cm³/mol. The zero-order chi connectivity index (χ0) is 14.3. The third kappa shape index (κ3) is 4.38. The van der Waals surface area contributed by atoms with Crippen LogP contribution in [0.2, 0.25) is 0 Å². The minimum Gasteiger partial charge on any atom is -0.497 e. The fraction of sp³-hybridized carbons (Fsp3) is 0.571. The third-order valence-corrected chi connectivity index (χ3v) is 2.98. The third-order valence-electron chi connectivity index (χ3n) is 2.98. The van der Waals surface area contributed by atoms with Gasteiger partial charge in [-0.1, -0.05) is 6.07 Å². The van der Waals surface area contributed by atoms with Crippen molar-refractivity contribution >= 4 is 0 Å². The van der Waals surface area contributed by atoms with Crippen LogP contribution < -0.4 is 14.8 Å². The van der Waals surface area contributed by atoms with Crippen molar-refractivity contribution in [3.05, 3.63) is 23.8 Å². The fourth-order valence-electron chi connectivity index (χ4n) is 1.87. The quantitative estimate of drug-likeness (QED) is 0.729. The van der Waals surface area contributed by atoms with Gasteiger partial charge in [-0.2, -0.15) is 0 Å². The first-order valence-corrected chi connectivity index (χ1v) is 6.16. The maximum atomic E-state index is 5.35. The SMILES string of the molecule is COc1ccc(CNC(C)C(OC)OC)c(OC)c1. The molecule has 0 fully saturated rings. The Kier molecular flexibility index (Phi) is 6.62. The van der Waals surface area contributed by atoms with Gasteiger partial charge in [-0.15, -0.1) is 0 Å². The van der Waals surface area contributed by atoms with Gasteiger partial charge in [0.25, 0.3) is 0 Å². The number of hydrogen-bond acceptors (Lipinski definition) is 5. The lowest BCUT2D eigenvalue weighted by atomic mass is 10.1. The zero-order valence-electron chi connectivity index (χ0n) is 12.2. The molecule has 5 nitrogen and oxygen atoms in total. The largest absolute Gasteiger partial charge is 0.497 e. The summed E-state index contributed by atoms with van der Waals surface area (Å²) in [4.78, 5) is 0. The van der Waals surface area contributed by atoms with E-state index in [-0.39, 0.29) is 12.3 Å². The van der Waals surface area contributed by atoms with Gasteiger partial charge < -0.3 is 24.3 Å². The lowest BCUT2D eigenvalue weighted by Crippen LogP contribution is -2.39. The van der Waals surface area contributed by atoms with Gasteiger partial charge in [0.2, 0.25) is 0 Å². The Morgan fingerprint density at radius 3 is 2.26 bits per heavy atom. The summed E-state index contributed by atoms with van der Waals surface area (Å²) >= 11 is 0. The summed E-state index contributed by atoms with van der Waals surface area (Å²) in [6.45, 7) is 2.67. The molecule has 1 N–H and O–H groups in total. The molecule has 19 heavy (non-hydrogen) atoms. The van der Waals surface area contributed by atoms with E-state index in [0.29, 0.717) is 6.54 Å². The standard InChI is InChI=1S/C14H23NO4/c1-10(14(18-4)19-5)15-9-11-6-7-12(16-2)8-13(11)17-3/h6-8,10,14-15H,9H2,1-5H3. The number of benzene rings is 1. The van der Waals surface area contributed by atoms with Crippen molar-refractivity contribution in [2.24, 2.45) is 0 Å². The van der Waals surface area contributed by atoms with Gasteiger partial charge in [0.1, 0.15) is 11.5 Å². The van der Waals surface area contributed by atoms with Crippen molar-refractivity contribution in [1.82, 2.24) is 5.32 Å². The monoisotopic (exact) mass is 269 g/mol. The summed E-state index contributed by atoms with van der Waals surface area (Å²) in [5, 5.41) is 3.34. The number of rotatable bonds is 8. The van der Waals surface area contributed by atoms with Gasteiger partial charge in [-0.25, -0.2) is 0 Å². The molecule has 0 aliphatic carbocycles. The molecule has 1 unspecified atom stereocenters. The van der Waals surface area contributed by atoms with E-state index in [4.69, 9.17) is 18.9 Å². The number of methoxy groups -OCH3 is 4. The van der Waals surface area contributed by atoms with E-state index < -0.39 is 0 Å². The van der Waals surface area contributed by atoms with Crippen LogP contribution in [-0.4, -0.2) is 40.8 Å². The number of hydrogen-bond donors (Lipinski definition) is 1. The Morgan fingerprint density at radius 1 is 1.05 bits per heavy atom. The molecule has 0 heterocycles. The first-order chi connectivity index (χ1) is 9.15. The highest BCUT2D eigenvalue weighted by molar-refractivity contribution is 5.40. The molecule has 0 amide bonds.